The molecule has 0 spiro atoms. The van der Waals surface area contributed by atoms with Crippen LogP contribution >= 0.6 is 0 Å². The lowest BCUT2D eigenvalue weighted by Crippen LogP contribution is -2.34. The van der Waals surface area contributed by atoms with Gasteiger partial charge in [-0.1, -0.05) is 36.4 Å². The van der Waals surface area contributed by atoms with Crippen molar-refractivity contribution in [2.75, 3.05) is 23.3 Å². The Bertz CT molecular complexity index is 1150. The van der Waals surface area contributed by atoms with E-state index < -0.39 is 0 Å². The van der Waals surface area contributed by atoms with E-state index in [4.69, 9.17) is 4.98 Å². The Labute approximate surface area is 181 Å². The van der Waals surface area contributed by atoms with E-state index in [-0.39, 0.29) is 17.7 Å². The van der Waals surface area contributed by atoms with E-state index in [9.17, 15) is 10.1 Å². The lowest BCUT2D eigenvalue weighted by atomic mass is 10.0. The molecule has 0 unspecified atom stereocenters. The van der Waals surface area contributed by atoms with Gasteiger partial charge in [0, 0.05) is 38.6 Å². The molecule has 0 saturated carbocycles. The van der Waals surface area contributed by atoms with Gasteiger partial charge in [0.05, 0.1) is 0 Å². The van der Waals surface area contributed by atoms with Crippen molar-refractivity contribution in [1.29, 1.82) is 5.26 Å². The number of fused-ring (bicyclic) bond motifs is 1. The largest absolute Gasteiger partial charge is 0.355 e. The van der Waals surface area contributed by atoms with Gasteiger partial charge in [-0.05, 0) is 35.6 Å². The summed E-state index contributed by atoms with van der Waals surface area (Å²) in [7, 11) is 0. The maximum atomic E-state index is 13.2. The fourth-order valence-corrected chi connectivity index (χ4v) is 3.87. The van der Waals surface area contributed by atoms with E-state index in [0.29, 0.717) is 31.4 Å². The van der Waals surface area contributed by atoms with E-state index in [2.05, 4.69) is 35.1 Å². The Balaban J connectivity index is 1.70. The highest BCUT2D eigenvalue weighted by Crippen LogP contribution is 2.23. The quantitative estimate of drug-likeness (QED) is 0.627. The van der Waals surface area contributed by atoms with Gasteiger partial charge in [-0.2, -0.15) is 10.2 Å². The number of rotatable bonds is 6. The molecule has 1 aliphatic rings. The highest BCUT2D eigenvalue weighted by atomic mass is 16.1. The fraction of sp³-hybridized carbons (Fsp3) is 0.250. The van der Waals surface area contributed by atoms with Crippen molar-refractivity contribution in [1.82, 2.24) is 14.5 Å². The molecule has 7 heteroatoms. The summed E-state index contributed by atoms with van der Waals surface area (Å²) in [6.45, 7) is 5.87. The minimum absolute atomic E-state index is 0.0692. The lowest BCUT2D eigenvalue weighted by Gasteiger charge is -2.24. The van der Waals surface area contributed by atoms with Gasteiger partial charge in [-0.25, -0.2) is 0 Å². The second-order valence-corrected chi connectivity index (χ2v) is 7.42. The van der Waals surface area contributed by atoms with Crippen molar-refractivity contribution in [3.8, 4) is 6.07 Å². The summed E-state index contributed by atoms with van der Waals surface area (Å²) in [6.07, 6.45) is 6.79. The first kappa shape index (κ1) is 20.4. The monoisotopic (exact) mass is 412 g/mol. The molecule has 31 heavy (non-hydrogen) atoms. The molecule has 2 aromatic heterocycles. The molecule has 0 radical (unpaired) electrons. The number of anilines is 2. The Kier molecular flexibility index (Phi) is 6.08. The smallest absolute Gasteiger partial charge is 0.275 e. The van der Waals surface area contributed by atoms with Crippen LogP contribution in [-0.2, 0) is 25.9 Å². The van der Waals surface area contributed by atoms with Gasteiger partial charge < -0.3 is 10.2 Å². The van der Waals surface area contributed by atoms with Gasteiger partial charge in [0.1, 0.15) is 6.07 Å². The normalized spacial score (nSPS) is 13.1. The molecule has 7 nitrogen and oxygen atoms in total. The Hall–Kier alpha value is -3.92. The number of pyridine rings is 1. The van der Waals surface area contributed by atoms with Gasteiger partial charge in [-0.3, -0.25) is 14.3 Å². The van der Waals surface area contributed by atoms with Gasteiger partial charge >= 0.3 is 0 Å². The molecule has 0 amide bonds. The zero-order chi connectivity index (χ0) is 21.6. The lowest BCUT2D eigenvalue weighted by molar-refractivity contribution is 0.730. The highest BCUT2D eigenvalue weighted by molar-refractivity contribution is 5.57. The predicted octanol–water partition coefficient (Wildman–Crippen LogP) is 2.91. The van der Waals surface area contributed by atoms with Crippen LogP contribution in [0.25, 0.3) is 0 Å². The van der Waals surface area contributed by atoms with Crippen molar-refractivity contribution in [2.45, 2.75) is 25.9 Å². The third-order valence-electron chi connectivity index (χ3n) is 5.47. The maximum Gasteiger partial charge on any atom is 0.275 e. The van der Waals surface area contributed by atoms with Crippen molar-refractivity contribution >= 4 is 11.8 Å². The molecule has 1 N–H and O–H groups in total. The molecular formula is C24H24N6O. The fourth-order valence-electron chi connectivity index (χ4n) is 3.87. The minimum Gasteiger partial charge on any atom is -0.355 e. The molecular weight excluding hydrogens is 388 g/mol. The standard InChI is InChI=1S/C24H24N6O/c1-2-12-30-23(31)21(15-25)22(28-24(30)27-17-18-6-5-11-26-16-18)29-13-9-19-7-3-4-8-20(19)10-14-29/h2-8,11,16H,1,9-10,12-14,17H2,(H,27,28). The summed E-state index contributed by atoms with van der Waals surface area (Å²) in [4.78, 5) is 24.1. The van der Waals surface area contributed by atoms with Crippen molar-refractivity contribution < 1.29 is 0 Å². The summed E-state index contributed by atoms with van der Waals surface area (Å²) >= 11 is 0. The van der Waals surface area contributed by atoms with E-state index in [0.717, 1.165) is 18.4 Å². The topological polar surface area (TPSA) is 86.8 Å². The van der Waals surface area contributed by atoms with Crippen LogP contribution in [0.4, 0.5) is 11.8 Å². The predicted molar refractivity (Wildman–Crippen MR) is 121 cm³/mol. The van der Waals surface area contributed by atoms with Gasteiger partial charge in [0.15, 0.2) is 11.4 Å². The molecule has 0 saturated heterocycles. The van der Waals surface area contributed by atoms with Crippen LogP contribution < -0.4 is 15.8 Å². The summed E-state index contributed by atoms with van der Waals surface area (Å²) in [5, 5.41) is 13.0. The first-order chi connectivity index (χ1) is 15.2. The average Bonchev–Trinajstić information content (AvgIpc) is 3.03. The van der Waals surface area contributed by atoms with Crippen molar-refractivity contribution in [3.05, 3.63) is 94.1 Å². The van der Waals surface area contributed by atoms with Crippen LogP contribution in [0.1, 0.15) is 22.3 Å². The Morgan fingerprint density at radius 1 is 1.16 bits per heavy atom. The molecule has 3 heterocycles. The summed E-state index contributed by atoms with van der Waals surface area (Å²) in [5.41, 5.74) is 3.29. The number of nitrogens with one attached hydrogen (secondary N) is 1. The summed E-state index contributed by atoms with van der Waals surface area (Å²) < 4.78 is 1.46. The first-order valence-corrected chi connectivity index (χ1v) is 10.3. The van der Waals surface area contributed by atoms with Crippen LogP contribution in [0.5, 0.6) is 0 Å². The molecule has 1 aromatic carbocycles. The van der Waals surface area contributed by atoms with Crippen LogP contribution in [0.15, 0.2) is 66.2 Å². The summed E-state index contributed by atoms with van der Waals surface area (Å²) in [5.74, 6) is 0.860. The molecule has 1 aliphatic heterocycles. The second kappa shape index (κ2) is 9.26. The van der Waals surface area contributed by atoms with Gasteiger partial charge in [0.25, 0.3) is 5.56 Å². The molecule has 0 bridgehead atoms. The van der Waals surface area contributed by atoms with E-state index in [1.165, 1.54) is 15.7 Å². The number of benzene rings is 1. The van der Waals surface area contributed by atoms with Gasteiger partial charge in [-0.15, -0.1) is 6.58 Å². The van der Waals surface area contributed by atoms with Crippen molar-refractivity contribution in [3.63, 3.8) is 0 Å². The SMILES string of the molecule is C=CCn1c(NCc2cccnc2)nc(N2CCc3ccccc3CC2)c(C#N)c1=O. The zero-order valence-corrected chi connectivity index (χ0v) is 17.3. The number of aromatic nitrogens is 3. The zero-order valence-electron chi connectivity index (χ0n) is 17.3. The number of hydrogen-bond acceptors (Lipinski definition) is 6. The van der Waals surface area contributed by atoms with E-state index >= 15 is 0 Å². The Morgan fingerprint density at radius 3 is 2.52 bits per heavy atom. The van der Waals surface area contributed by atoms with Crippen LogP contribution in [0.3, 0.4) is 0 Å². The molecule has 156 valence electrons. The molecule has 0 aliphatic carbocycles. The number of hydrogen-bond donors (Lipinski definition) is 1. The number of nitriles is 1. The van der Waals surface area contributed by atoms with Crippen LogP contribution in [-0.4, -0.2) is 27.6 Å². The third-order valence-corrected chi connectivity index (χ3v) is 5.47. The maximum absolute atomic E-state index is 13.2. The minimum atomic E-state index is -0.358. The summed E-state index contributed by atoms with van der Waals surface area (Å²) in [6, 6.07) is 14.3. The van der Waals surface area contributed by atoms with Crippen LogP contribution in [0.2, 0.25) is 0 Å². The molecule has 0 fully saturated rings. The number of allylic oxidation sites excluding steroid dienone is 1. The van der Waals surface area contributed by atoms with Crippen molar-refractivity contribution in [2.24, 2.45) is 0 Å². The number of nitrogens with zero attached hydrogens (tertiary/aromatic N) is 5. The highest BCUT2D eigenvalue weighted by Gasteiger charge is 2.23. The van der Waals surface area contributed by atoms with Crippen LogP contribution in [0, 0.1) is 11.3 Å². The first-order valence-electron chi connectivity index (χ1n) is 10.3. The second-order valence-electron chi connectivity index (χ2n) is 7.42. The molecule has 0 atom stereocenters. The van der Waals surface area contributed by atoms with Gasteiger partial charge in [0.2, 0.25) is 5.95 Å². The Morgan fingerprint density at radius 2 is 1.90 bits per heavy atom. The van der Waals surface area contributed by atoms with E-state index in [1.54, 1.807) is 18.5 Å². The molecule has 4 rings (SSSR count). The van der Waals surface area contributed by atoms with E-state index in [1.807, 2.05) is 29.2 Å². The average molecular weight is 412 g/mol. The molecule has 3 aromatic rings. The third kappa shape index (κ3) is 4.33.